The molecule has 1 N–H and O–H groups in total. The van der Waals surface area contributed by atoms with Crippen LogP contribution in [-0.4, -0.2) is 19.4 Å². The molecular weight excluding hydrogens is 238 g/mol. The number of halogens is 1. The molecule has 0 saturated carbocycles. The maximum absolute atomic E-state index is 6.41. The molecule has 0 radical (unpaired) electrons. The van der Waals surface area contributed by atoms with Crippen molar-refractivity contribution in [3.05, 3.63) is 22.2 Å². The highest BCUT2D eigenvalue weighted by Gasteiger charge is 2.24. The Labute approximate surface area is 106 Å². The molecule has 3 rings (SSSR count). The Morgan fingerprint density at radius 1 is 1.47 bits per heavy atom. The predicted octanol–water partition coefficient (Wildman–Crippen LogP) is 2.67. The van der Waals surface area contributed by atoms with Crippen molar-refractivity contribution < 1.29 is 9.47 Å². The molecule has 2 aliphatic rings. The second-order valence-corrected chi connectivity index (χ2v) is 5.10. The zero-order chi connectivity index (χ0) is 11.8. The molecule has 0 aromatic heterocycles. The van der Waals surface area contributed by atoms with Gasteiger partial charge in [-0.05, 0) is 49.9 Å². The Bertz CT molecular complexity index is 442. The topological polar surface area (TPSA) is 30.5 Å². The summed E-state index contributed by atoms with van der Waals surface area (Å²) in [4.78, 5) is 0. The van der Waals surface area contributed by atoms with Crippen molar-refractivity contribution in [2.45, 2.75) is 32.2 Å². The van der Waals surface area contributed by atoms with Gasteiger partial charge in [-0.3, -0.25) is 0 Å². The third kappa shape index (κ3) is 1.98. The lowest BCUT2D eigenvalue weighted by Gasteiger charge is -2.15. The molecule has 1 aromatic rings. The van der Waals surface area contributed by atoms with E-state index in [1.165, 1.54) is 24.0 Å². The Hall–Kier alpha value is -0.930. The highest BCUT2D eigenvalue weighted by atomic mass is 35.5. The zero-order valence-electron chi connectivity index (χ0n) is 9.88. The summed E-state index contributed by atoms with van der Waals surface area (Å²) in [6, 6.07) is 2.57. The normalized spacial score (nSPS) is 22.1. The van der Waals surface area contributed by atoms with Gasteiger partial charge in [0.15, 0.2) is 11.5 Å². The van der Waals surface area contributed by atoms with Gasteiger partial charge >= 0.3 is 0 Å². The molecule has 1 unspecified atom stereocenters. The van der Waals surface area contributed by atoms with Crippen LogP contribution >= 0.6 is 11.6 Å². The van der Waals surface area contributed by atoms with Crippen LogP contribution in [0, 0.1) is 6.92 Å². The molecule has 1 fully saturated rings. The number of ether oxygens (including phenoxy) is 2. The molecule has 2 heterocycles. The van der Waals surface area contributed by atoms with Crippen molar-refractivity contribution >= 4 is 11.6 Å². The number of aryl methyl sites for hydroxylation is 1. The van der Waals surface area contributed by atoms with Gasteiger partial charge < -0.3 is 14.8 Å². The molecule has 0 spiro atoms. The Morgan fingerprint density at radius 3 is 3.12 bits per heavy atom. The fourth-order valence-electron chi connectivity index (χ4n) is 2.59. The fraction of sp³-hybridized carbons (Fsp3) is 0.538. The van der Waals surface area contributed by atoms with E-state index in [9.17, 15) is 0 Å². The van der Waals surface area contributed by atoms with E-state index >= 15 is 0 Å². The highest BCUT2D eigenvalue weighted by Crippen LogP contribution is 2.43. The van der Waals surface area contributed by atoms with Gasteiger partial charge in [0, 0.05) is 6.04 Å². The zero-order valence-corrected chi connectivity index (χ0v) is 10.6. The van der Waals surface area contributed by atoms with Crippen LogP contribution in [0.2, 0.25) is 5.02 Å². The van der Waals surface area contributed by atoms with E-state index in [4.69, 9.17) is 21.1 Å². The SMILES string of the molecule is Cc1cc2c(c(Cl)c1CC1CCCN1)OCO2. The fourth-order valence-corrected chi connectivity index (χ4v) is 2.96. The number of nitrogens with one attached hydrogen (secondary N) is 1. The van der Waals surface area contributed by atoms with E-state index in [0.717, 1.165) is 23.7 Å². The van der Waals surface area contributed by atoms with Crippen LogP contribution in [0.5, 0.6) is 11.5 Å². The minimum absolute atomic E-state index is 0.277. The Kier molecular flexibility index (Phi) is 2.89. The first-order valence-electron chi connectivity index (χ1n) is 6.06. The van der Waals surface area contributed by atoms with Gasteiger partial charge in [-0.1, -0.05) is 11.6 Å². The smallest absolute Gasteiger partial charge is 0.231 e. The van der Waals surface area contributed by atoms with E-state index in [1.54, 1.807) is 0 Å². The Balaban J connectivity index is 1.92. The number of hydrogen-bond donors (Lipinski definition) is 1. The molecule has 2 aliphatic heterocycles. The molecule has 92 valence electrons. The largest absolute Gasteiger partial charge is 0.454 e. The van der Waals surface area contributed by atoms with Gasteiger partial charge in [0.05, 0.1) is 5.02 Å². The second kappa shape index (κ2) is 4.39. The number of hydrogen-bond acceptors (Lipinski definition) is 3. The molecule has 1 atom stereocenters. The van der Waals surface area contributed by atoms with E-state index in [-0.39, 0.29) is 6.79 Å². The molecule has 0 bridgehead atoms. The van der Waals surface area contributed by atoms with Gasteiger partial charge in [-0.25, -0.2) is 0 Å². The van der Waals surface area contributed by atoms with Crippen LogP contribution in [0.25, 0.3) is 0 Å². The summed E-state index contributed by atoms with van der Waals surface area (Å²) >= 11 is 6.41. The first-order valence-corrected chi connectivity index (χ1v) is 6.44. The van der Waals surface area contributed by atoms with Gasteiger partial charge in [0.25, 0.3) is 0 Å². The lowest BCUT2D eigenvalue weighted by atomic mass is 9.99. The summed E-state index contributed by atoms with van der Waals surface area (Å²) in [5.41, 5.74) is 2.38. The lowest BCUT2D eigenvalue weighted by molar-refractivity contribution is 0.174. The average Bonchev–Trinajstić information content (AvgIpc) is 2.94. The molecule has 3 nitrogen and oxygen atoms in total. The number of fused-ring (bicyclic) bond motifs is 1. The third-order valence-electron chi connectivity index (χ3n) is 3.54. The quantitative estimate of drug-likeness (QED) is 0.879. The summed E-state index contributed by atoms with van der Waals surface area (Å²) in [6.07, 6.45) is 3.46. The average molecular weight is 254 g/mol. The number of benzene rings is 1. The van der Waals surface area contributed by atoms with E-state index in [1.807, 2.05) is 6.07 Å². The maximum atomic E-state index is 6.41. The molecule has 1 aromatic carbocycles. The van der Waals surface area contributed by atoms with E-state index < -0.39 is 0 Å². The standard InChI is InChI=1S/C13H16ClNO2/c1-8-5-11-13(17-7-16-11)12(14)10(8)6-9-3-2-4-15-9/h5,9,15H,2-4,6-7H2,1H3. The van der Waals surface area contributed by atoms with Crippen molar-refractivity contribution in [1.82, 2.24) is 5.32 Å². The van der Waals surface area contributed by atoms with Crippen LogP contribution in [0.4, 0.5) is 0 Å². The molecule has 17 heavy (non-hydrogen) atoms. The van der Waals surface area contributed by atoms with Crippen LogP contribution in [0.1, 0.15) is 24.0 Å². The minimum atomic E-state index is 0.277. The third-order valence-corrected chi connectivity index (χ3v) is 3.94. The first kappa shape index (κ1) is 11.2. The Morgan fingerprint density at radius 2 is 2.35 bits per heavy atom. The van der Waals surface area contributed by atoms with Gasteiger partial charge in [-0.15, -0.1) is 0 Å². The minimum Gasteiger partial charge on any atom is -0.454 e. The first-order chi connectivity index (χ1) is 8.25. The van der Waals surface area contributed by atoms with Crippen LogP contribution < -0.4 is 14.8 Å². The van der Waals surface area contributed by atoms with E-state index in [0.29, 0.717) is 11.8 Å². The summed E-state index contributed by atoms with van der Waals surface area (Å²) < 4.78 is 10.8. The van der Waals surface area contributed by atoms with Gasteiger partial charge in [0.1, 0.15) is 0 Å². The molecule has 0 aliphatic carbocycles. The molecule has 1 saturated heterocycles. The summed E-state index contributed by atoms with van der Waals surface area (Å²) in [7, 11) is 0. The van der Waals surface area contributed by atoms with Crippen molar-refractivity contribution in [1.29, 1.82) is 0 Å². The highest BCUT2D eigenvalue weighted by molar-refractivity contribution is 6.33. The second-order valence-electron chi connectivity index (χ2n) is 4.72. The van der Waals surface area contributed by atoms with Crippen LogP contribution in [0.15, 0.2) is 6.07 Å². The summed E-state index contributed by atoms with van der Waals surface area (Å²) in [5, 5.41) is 4.22. The van der Waals surface area contributed by atoms with Crippen molar-refractivity contribution in [2.24, 2.45) is 0 Å². The maximum Gasteiger partial charge on any atom is 0.231 e. The molecule has 0 amide bonds. The molecule has 4 heteroatoms. The van der Waals surface area contributed by atoms with Crippen molar-refractivity contribution in [2.75, 3.05) is 13.3 Å². The predicted molar refractivity (Wildman–Crippen MR) is 67.0 cm³/mol. The van der Waals surface area contributed by atoms with Crippen LogP contribution in [-0.2, 0) is 6.42 Å². The van der Waals surface area contributed by atoms with Crippen LogP contribution in [0.3, 0.4) is 0 Å². The van der Waals surface area contributed by atoms with Gasteiger partial charge in [0.2, 0.25) is 6.79 Å². The summed E-state index contributed by atoms with van der Waals surface area (Å²) in [5.74, 6) is 1.49. The van der Waals surface area contributed by atoms with Crippen molar-refractivity contribution in [3.63, 3.8) is 0 Å². The number of rotatable bonds is 2. The molecular formula is C13H16ClNO2. The lowest BCUT2D eigenvalue weighted by Crippen LogP contribution is -2.24. The monoisotopic (exact) mass is 253 g/mol. The van der Waals surface area contributed by atoms with E-state index in [2.05, 4.69) is 12.2 Å². The van der Waals surface area contributed by atoms with Gasteiger partial charge in [-0.2, -0.15) is 0 Å². The van der Waals surface area contributed by atoms with Crippen molar-refractivity contribution in [3.8, 4) is 11.5 Å². The summed E-state index contributed by atoms with van der Waals surface area (Å²) in [6.45, 7) is 3.48.